The standard InChI is InChI=1S/C17H22N2O5S/c1-11-3-4-13(9-12(11)2)15(20)5-6-16(21)18-19-17(22)14-7-8-25(23,24)10-14/h3-4,9,14H,5-8,10H2,1-2H3,(H,18,21)(H,19,22)/t14-/m1/s1. The lowest BCUT2D eigenvalue weighted by atomic mass is 10.0. The van der Waals surface area contributed by atoms with Crippen LogP contribution in [0.1, 0.15) is 40.7 Å². The molecule has 1 heterocycles. The lowest BCUT2D eigenvalue weighted by Gasteiger charge is -2.10. The van der Waals surface area contributed by atoms with E-state index < -0.39 is 27.6 Å². The number of rotatable bonds is 5. The summed E-state index contributed by atoms with van der Waals surface area (Å²) < 4.78 is 22.7. The monoisotopic (exact) mass is 366 g/mol. The maximum Gasteiger partial charge on any atom is 0.242 e. The molecule has 1 aromatic carbocycles. The van der Waals surface area contributed by atoms with Crippen molar-refractivity contribution < 1.29 is 22.8 Å². The minimum Gasteiger partial charge on any atom is -0.294 e. The lowest BCUT2D eigenvalue weighted by molar-refractivity contribution is -0.130. The van der Waals surface area contributed by atoms with Crippen LogP contribution >= 0.6 is 0 Å². The molecule has 1 atom stereocenters. The van der Waals surface area contributed by atoms with E-state index in [1.807, 2.05) is 19.9 Å². The number of benzene rings is 1. The Morgan fingerprint density at radius 3 is 2.40 bits per heavy atom. The Hall–Kier alpha value is -2.22. The van der Waals surface area contributed by atoms with Gasteiger partial charge in [0.05, 0.1) is 17.4 Å². The third-order valence-electron chi connectivity index (χ3n) is 4.34. The van der Waals surface area contributed by atoms with Crippen molar-refractivity contribution in [2.24, 2.45) is 5.92 Å². The zero-order valence-electron chi connectivity index (χ0n) is 14.3. The van der Waals surface area contributed by atoms with Gasteiger partial charge >= 0.3 is 0 Å². The Morgan fingerprint density at radius 1 is 1.08 bits per heavy atom. The molecule has 0 aliphatic carbocycles. The van der Waals surface area contributed by atoms with Gasteiger partial charge in [0, 0.05) is 18.4 Å². The molecule has 2 N–H and O–H groups in total. The molecule has 0 unspecified atom stereocenters. The van der Waals surface area contributed by atoms with Crippen LogP contribution in [-0.2, 0) is 19.4 Å². The molecule has 1 aromatic rings. The van der Waals surface area contributed by atoms with Crippen molar-refractivity contribution >= 4 is 27.4 Å². The molecule has 2 rings (SSSR count). The summed E-state index contributed by atoms with van der Waals surface area (Å²) in [6.07, 6.45) is 0.228. The molecule has 1 aliphatic heterocycles. The number of hydrogen-bond donors (Lipinski definition) is 2. The van der Waals surface area contributed by atoms with Gasteiger partial charge in [0.15, 0.2) is 15.6 Å². The predicted molar refractivity (Wildman–Crippen MR) is 92.5 cm³/mol. The molecule has 1 fully saturated rings. The molecule has 0 bridgehead atoms. The molecular formula is C17H22N2O5S. The van der Waals surface area contributed by atoms with Gasteiger partial charge in [0.1, 0.15) is 0 Å². The molecule has 7 nitrogen and oxygen atoms in total. The normalized spacial score (nSPS) is 18.6. The number of nitrogens with one attached hydrogen (secondary N) is 2. The van der Waals surface area contributed by atoms with Crippen LogP contribution in [0.4, 0.5) is 0 Å². The zero-order chi connectivity index (χ0) is 18.6. The Bertz CT molecular complexity index is 801. The van der Waals surface area contributed by atoms with E-state index in [1.54, 1.807) is 12.1 Å². The van der Waals surface area contributed by atoms with Gasteiger partial charge in [-0.1, -0.05) is 12.1 Å². The Kier molecular flexibility index (Phi) is 5.94. The highest BCUT2D eigenvalue weighted by Gasteiger charge is 2.33. The molecule has 8 heteroatoms. The number of ketones is 1. The molecule has 25 heavy (non-hydrogen) atoms. The van der Waals surface area contributed by atoms with Crippen molar-refractivity contribution in [3.8, 4) is 0 Å². The lowest BCUT2D eigenvalue weighted by Crippen LogP contribution is -2.44. The van der Waals surface area contributed by atoms with Crippen molar-refractivity contribution in [3.63, 3.8) is 0 Å². The third-order valence-corrected chi connectivity index (χ3v) is 6.10. The summed E-state index contributed by atoms with van der Waals surface area (Å²) in [6, 6.07) is 5.38. The average molecular weight is 366 g/mol. The first-order chi connectivity index (χ1) is 11.7. The fourth-order valence-electron chi connectivity index (χ4n) is 2.58. The summed E-state index contributed by atoms with van der Waals surface area (Å²) >= 11 is 0. The summed E-state index contributed by atoms with van der Waals surface area (Å²) in [5.41, 5.74) is 7.11. The number of Topliss-reactive ketones (excluding diaryl/α,β-unsaturated/α-hetero) is 1. The van der Waals surface area contributed by atoms with Gasteiger partial charge in [-0.05, 0) is 37.5 Å². The van der Waals surface area contributed by atoms with Crippen molar-refractivity contribution in [1.82, 2.24) is 10.9 Å². The van der Waals surface area contributed by atoms with Crippen LogP contribution in [0, 0.1) is 19.8 Å². The van der Waals surface area contributed by atoms with E-state index in [-0.39, 0.29) is 36.6 Å². The van der Waals surface area contributed by atoms with E-state index in [4.69, 9.17) is 0 Å². The number of hydrogen-bond acceptors (Lipinski definition) is 5. The number of amides is 2. The number of carbonyl (C=O) groups excluding carboxylic acids is 3. The van der Waals surface area contributed by atoms with E-state index in [0.29, 0.717) is 5.56 Å². The maximum atomic E-state index is 12.1. The van der Waals surface area contributed by atoms with E-state index in [9.17, 15) is 22.8 Å². The Balaban J connectivity index is 1.76. The number of hydrazine groups is 1. The topological polar surface area (TPSA) is 109 Å². The van der Waals surface area contributed by atoms with Gasteiger partial charge in [0.25, 0.3) is 0 Å². The van der Waals surface area contributed by atoms with E-state index >= 15 is 0 Å². The maximum absolute atomic E-state index is 12.1. The quantitative estimate of drug-likeness (QED) is 0.593. The average Bonchev–Trinajstić information content (AvgIpc) is 2.93. The predicted octanol–water partition coefficient (Wildman–Crippen LogP) is 0.848. The van der Waals surface area contributed by atoms with Crippen LogP contribution in [0.2, 0.25) is 0 Å². The highest BCUT2D eigenvalue weighted by molar-refractivity contribution is 7.91. The highest BCUT2D eigenvalue weighted by atomic mass is 32.2. The van der Waals surface area contributed by atoms with Crippen molar-refractivity contribution in [1.29, 1.82) is 0 Å². The van der Waals surface area contributed by atoms with Gasteiger partial charge < -0.3 is 0 Å². The fraction of sp³-hybridized carbons (Fsp3) is 0.471. The summed E-state index contributed by atoms with van der Waals surface area (Å²) in [6.45, 7) is 3.87. The van der Waals surface area contributed by atoms with Crippen molar-refractivity contribution in [2.45, 2.75) is 33.1 Å². The molecule has 0 aromatic heterocycles. The Morgan fingerprint density at radius 2 is 1.80 bits per heavy atom. The van der Waals surface area contributed by atoms with E-state index in [2.05, 4.69) is 10.9 Å². The minimum absolute atomic E-state index is 0.0104. The van der Waals surface area contributed by atoms with Crippen LogP contribution in [0.3, 0.4) is 0 Å². The first-order valence-electron chi connectivity index (χ1n) is 8.07. The van der Waals surface area contributed by atoms with E-state index in [0.717, 1.165) is 11.1 Å². The third kappa shape index (κ3) is 5.38. The molecule has 0 radical (unpaired) electrons. The fourth-order valence-corrected chi connectivity index (χ4v) is 4.33. The van der Waals surface area contributed by atoms with Crippen LogP contribution in [-0.4, -0.2) is 37.5 Å². The van der Waals surface area contributed by atoms with Crippen molar-refractivity contribution in [3.05, 3.63) is 34.9 Å². The van der Waals surface area contributed by atoms with Crippen LogP contribution in [0.5, 0.6) is 0 Å². The largest absolute Gasteiger partial charge is 0.294 e. The summed E-state index contributed by atoms with van der Waals surface area (Å²) in [7, 11) is -3.16. The SMILES string of the molecule is Cc1ccc(C(=O)CCC(=O)NNC(=O)[C@@H]2CCS(=O)(=O)C2)cc1C. The molecule has 1 saturated heterocycles. The second-order valence-electron chi connectivity index (χ2n) is 6.36. The second kappa shape index (κ2) is 7.77. The van der Waals surface area contributed by atoms with Crippen molar-refractivity contribution in [2.75, 3.05) is 11.5 Å². The number of sulfone groups is 1. The summed E-state index contributed by atoms with van der Waals surface area (Å²) in [5, 5.41) is 0. The first kappa shape index (κ1) is 19.1. The molecular weight excluding hydrogens is 344 g/mol. The first-order valence-corrected chi connectivity index (χ1v) is 9.89. The summed E-state index contributed by atoms with van der Waals surface area (Å²) in [5.74, 6) is -2.00. The van der Waals surface area contributed by atoms with Crippen LogP contribution in [0.25, 0.3) is 0 Å². The van der Waals surface area contributed by atoms with Gasteiger partial charge in [-0.25, -0.2) is 8.42 Å². The molecule has 2 amide bonds. The van der Waals surface area contributed by atoms with Gasteiger partial charge in [-0.2, -0.15) is 0 Å². The van der Waals surface area contributed by atoms with Crippen LogP contribution in [0.15, 0.2) is 18.2 Å². The highest BCUT2D eigenvalue weighted by Crippen LogP contribution is 2.18. The van der Waals surface area contributed by atoms with Gasteiger partial charge in [0.2, 0.25) is 11.8 Å². The molecule has 136 valence electrons. The van der Waals surface area contributed by atoms with Gasteiger partial charge in [-0.3, -0.25) is 25.2 Å². The van der Waals surface area contributed by atoms with Gasteiger partial charge in [-0.15, -0.1) is 0 Å². The second-order valence-corrected chi connectivity index (χ2v) is 8.59. The molecule has 1 aliphatic rings. The van der Waals surface area contributed by atoms with Crippen LogP contribution < -0.4 is 10.9 Å². The number of carbonyl (C=O) groups is 3. The number of aryl methyl sites for hydroxylation is 2. The zero-order valence-corrected chi connectivity index (χ0v) is 15.1. The Labute approximate surface area is 147 Å². The summed E-state index contributed by atoms with van der Waals surface area (Å²) in [4.78, 5) is 35.7. The minimum atomic E-state index is -3.16. The molecule has 0 spiro atoms. The molecule has 0 saturated carbocycles. The smallest absolute Gasteiger partial charge is 0.242 e. The van der Waals surface area contributed by atoms with E-state index in [1.165, 1.54) is 0 Å².